The number of carbonyl (C=O) groups excluding carboxylic acids is 11. The Labute approximate surface area is 541 Å². The Hall–Kier alpha value is -6.74. The molecule has 27 nitrogen and oxygen atoms in total. The lowest BCUT2D eigenvalue weighted by Crippen LogP contribution is -2.63. The molecule has 0 bridgehead atoms. The Balaban J connectivity index is 4.47. The first-order valence-electron chi connectivity index (χ1n) is 32.0. The number of nitrogens with zero attached hydrogens (tertiary/aromatic N) is 7. The first-order chi connectivity index (χ1) is 42.1. The van der Waals surface area contributed by atoms with E-state index in [4.69, 9.17) is 10.5 Å². The van der Waals surface area contributed by atoms with Crippen LogP contribution in [0.2, 0.25) is 0 Å². The van der Waals surface area contributed by atoms with Gasteiger partial charge in [-0.2, -0.15) is 0 Å². The third-order valence-electron chi connectivity index (χ3n) is 16.5. The third-order valence-corrected chi connectivity index (χ3v) is 16.5. The number of carbonyl (C=O) groups is 12. The van der Waals surface area contributed by atoms with Crippen LogP contribution in [0.3, 0.4) is 0 Å². The van der Waals surface area contributed by atoms with E-state index < -0.39 is 175 Å². The maximum atomic E-state index is 15.2. The van der Waals surface area contributed by atoms with Gasteiger partial charge in [-0.15, -0.1) is 0 Å². The van der Waals surface area contributed by atoms with Crippen molar-refractivity contribution in [3.05, 3.63) is 12.2 Å². The van der Waals surface area contributed by atoms with Crippen molar-refractivity contribution >= 4 is 70.9 Å². The number of carboxylic acid groups (broad SMARTS) is 1. The van der Waals surface area contributed by atoms with E-state index in [1.165, 1.54) is 75.9 Å². The highest BCUT2D eigenvalue weighted by atomic mass is 16.5. The number of rotatable bonds is 20. The normalized spacial score (nSPS) is 25.9. The van der Waals surface area contributed by atoms with Gasteiger partial charge in [0, 0.05) is 55.9 Å². The molecule has 0 unspecified atom stereocenters. The SMILES string of the molecule is CC[C@@H]1NC(=O)[C@H]([C@H](O)[C@H](C)C/C=C/CN)N(C)C(=O)[C@H](C(C)C)N(C)C(=O)[C@H](CC(C)C)N(C)C(=O)[C@H](CC(C)C)N(C)C(=O)[C@@H](COCC(=O)O)NC(=O)[C@H](C)NC(=O)[C@H](CC(C)C)N(C)C(=O)[C@H](C(C)C)NC(=O)[C@H](CC(C)C)N(C)C(=O)CN(C)C1=O. The molecule has 91 heavy (non-hydrogen) atoms. The Morgan fingerprint density at radius 3 is 1.43 bits per heavy atom. The molecule has 0 saturated carbocycles. The van der Waals surface area contributed by atoms with Gasteiger partial charge in [-0.05, 0) is 86.9 Å². The molecule has 8 N–H and O–H groups in total. The summed E-state index contributed by atoms with van der Waals surface area (Å²) in [4.78, 5) is 181. The minimum atomic E-state index is -1.68. The van der Waals surface area contributed by atoms with Crippen molar-refractivity contribution in [1.29, 1.82) is 0 Å². The van der Waals surface area contributed by atoms with Gasteiger partial charge in [0.2, 0.25) is 65.0 Å². The summed E-state index contributed by atoms with van der Waals surface area (Å²) in [5, 5.41) is 32.4. The van der Waals surface area contributed by atoms with E-state index in [1.807, 2.05) is 41.5 Å². The molecule has 1 aliphatic heterocycles. The van der Waals surface area contributed by atoms with Crippen molar-refractivity contribution in [3.8, 4) is 0 Å². The molecule has 1 heterocycles. The predicted molar refractivity (Wildman–Crippen MR) is 345 cm³/mol. The Kier molecular flexibility index (Phi) is 34.6. The molecule has 0 aromatic carbocycles. The monoisotopic (exact) mass is 1290 g/mol. The summed E-state index contributed by atoms with van der Waals surface area (Å²) in [5.41, 5.74) is 5.72. The number of hydrogen-bond donors (Lipinski definition) is 7. The Bertz CT molecular complexity index is 2510. The van der Waals surface area contributed by atoms with Crippen molar-refractivity contribution in [2.75, 3.05) is 75.6 Å². The van der Waals surface area contributed by atoms with Crippen LogP contribution in [-0.2, 0) is 62.3 Å². The summed E-state index contributed by atoms with van der Waals surface area (Å²) in [7, 11) is 9.53. The lowest BCUT2D eigenvalue weighted by molar-refractivity contribution is -0.157. The molecule has 27 heteroatoms. The minimum absolute atomic E-state index is 0.0154. The van der Waals surface area contributed by atoms with E-state index in [1.54, 1.807) is 67.5 Å². The zero-order valence-corrected chi connectivity index (χ0v) is 58.5. The molecule has 1 saturated heterocycles. The number of carboxylic acids is 1. The van der Waals surface area contributed by atoms with Crippen LogP contribution in [0.1, 0.15) is 142 Å². The standard InChI is InChI=1S/C64H114N12O15/c1-23-43-59(85)70(16)32-49(77)71(17)45(28-35(2)3)57(83)69-51(39(10)11)63(89)72(18)46(29-36(4)5)56(82)66-42(15)55(81)68-44(33-91-34-50(78)79)60(86)73(19)47(30-37(6)7)61(87)74(20)48(31-38(8)9)62(88)75(21)52(40(12)13)64(90)76(22)53(58(84)67-43)54(80)41(14)26-24-25-27-65/h24-25,35-48,51-54,80H,23,26-34,65H2,1-22H3,(H,66,82)(H,67,84)(H,68,81)(H,69,83)(H,78,79)/b25-24+/t41-,42+,43+,44-,45+,46+,47+,48+,51+,52+,53+,54-/m1/s1. The number of likely N-dealkylation sites (N-methyl/N-ethyl adjacent to an activating group) is 7. The van der Waals surface area contributed by atoms with Gasteiger partial charge in [-0.1, -0.05) is 109 Å². The highest BCUT2D eigenvalue weighted by molar-refractivity contribution is 5.99. The van der Waals surface area contributed by atoms with Gasteiger partial charge in [0.25, 0.3) is 0 Å². The molecule has 0 aromatic heterocycles. The van der Waals surface area contributed by atoms with Gasteiger partial charge in [0.15, 0.2) is 0 Å². The topological polar surface area (TPSA) is 351 Å². The summed E-state index contributed by atoms with van der Waals surface area (Å²) in [6.45, 7) is 24.0. The van der Waals surface area contributed by atoms with E-state index in [0.717, 1.165) is 14.7 Å². The molecular weight excluding hydrogens is 1180 g/mol. The second-order valence-corrected chi connectivity index (χ2v) is 27.0. The number of aliphatic carboxylic acids is 1. The smallest absolute Gasteiger partial charge is 0.329 e. The van der Waals surface area contributed by atoms with E-state index in [-0.39, 0.29) is 68.7 Å². The van der Waals surface area contributed by atoms with Crippen LogP contribution in [0.4, 0.5) is 0 Å². The first kappa shape index (κ1) is 82.3. The fourth-order valence-corrected chi connectivity index (χ4v) is 11.0. The lowest BCUT2D eigenvalue weighted by Gasteiger charge is -2.41. The van der Waals surface area contributed by atoms with Crippen LogP contribution in [0, 0.1) is 41.4 Å². The second kappa shape index (κ2) is 38.3. The average molecular weight is 1290 g/mol. The molecule has 0 radical (unpaired) electrons. The quantitative estimate of drug-likeness (QED) is 0.0845. The number of allylic oxidation sites excluding steroid dienone is 1. The van der Waals surface area contributed by atoms with Crippen LogP contribution in [0.25, 0.3) is 0 Å². The van der Waals surface area contributed by atoms with Gasteiger partial charge < -0.3 is 76.3 Å². The van der Waals surface area contributed by atoms with Gasteiger partial charge in [0.1, 0.15) is 67.0 Å². The number of hydrogen-bond acceptors (Lipinski definition) is 15. The lowest BCUT2D eigenvalue weighted by atomic mass is 9.91. The van der Waals surface area contributed by atoms with Crippen molar-refractivity contribution in [2.45, 2.75) is 209 Å². The highest BCUT2D eigenvalue weighted by Gasteiger charge is 2.46. The fourth-order valence-electron chi connectivity index (χ4n) is 11.0. The minimum Gasteiger partial charge on any atom is -0.480 e. The molecule has 1 rings (SSSR count). The van der Waals surface area contributed by atoms with Crippen molar-refractivity contribution in [1.82, 2.24) is 55.6 Å². The van der Waals surface area contributed by atoms with E-state index >= 15 is 14.4 Å². The zero-order valence-electron chi connectivity index (χ0n) is 58.5. The van der Waals surface area contributed by atoms with Gasteiger partial charge in [-0.25, -0.2) is 4.79 Å². The number of nitrogens with one attached hydrogen (secondary N) is 4. The van der Waals surface area contributed by atoms with Gasteiger partial charge >= 0.3 is 5.97 Å². The van der Waals surface area contributed by atoms with Crippen molar-refractivity contribution < 1.29 is 72.5 Å². The largest absolute Gasteiger partial charge is 0.480 e. The first-order valence-corrected chi connectivity index (χ1v) is 32.0. The van der Waals surface area contributed by atoms with Crippen LogP contribution >= 0.6 is 0 Å². The average Bonchev–Trinajstić information content (AvgIpc) is 0.934. The third kappa shape index (κ3) is 24.4. The summed E-state index contributed by atoms with van der Waals surface area (Å²) in [5.74, 6) is -12.7. The summed E-state index contributed by atoms with van der Waals surface area (Å²) < 4.78 is 5.38. The predicted octanol–water partition coefficient (Wildman–Crippen LogP) is 1.29. The van der Waals surface area contributed by atoms with Crippen LogP contribution in [-0.4, -0.2) is 258 Å². The molecule has 0 aliphatic carbocycles. The molecule has 12 atom stereocenters. The Morgan fingerprint density at radius 2 is 0.967 bits per heavy atom. The zero-order chi connectivity index (χ0) is 70.4. The summed E-state index contributed by atoms with van der Waals surface area (Å²) >= 11 is 0. The van der Waals surface area contributed by atoms with Gasteiger partial charge in [0.05, 0.1) is 19.3 Å². The van der Waals surface area contributed by atoms with Crippen LogP contribution in [0.15, 0.2) is 12.2 Å². The van der Waals surface area contributed by atoms with Gasteiger partial charge in [-0.3, -0.25) is 52.7 Å². The number of nitrogens with two attached hydrogens (primary N) is 1. The van der Waals surface area contributed by atoms with E-state index in [9.17, 15) is 53.4 Å². The van der Waals surface area contributed by atoms with Crippen LogP contribution in [0.5, 0.6) is 0 Å². The maximum Gasteiger partial charge on any atom is 0.329 e. The second-order valence-electron chi connectivity index (χ2n) is 27.0. The Morgan fingerprint density at radius 1 is 0.527 bits per heavy atom. The summed E-state index contributed by atoms with van der Waals surface area (Å²) in [6.07, 6.45) is 2.29. The molecule has 0 aromatic rings. The number of aliphatic hydroxyl groups is 1. The number of ether oxygens (including phenoxy) is 1. The fraction of sp³-hybridized carbons (Fsp3) is 0.781. The van der Waals surface area contributed by atoms with Crippen LogP contribution < -0.4 is 27.0 Å². The van der Waals surface area contributed by atoms with E-state index in [0.29, 0.717) is 0 Å². The molecule has 11 amide bonds. The molecule has 520 valence electrons. The van der Waals surface area contributed by atoms with Crippen molar-refractivity contribution in [3.63, 3.8) is 0 Å². The highest BCUT2D eigenvalue weighted by Crippen LogP contribution is 2.26. The molecule has 0 spiro atoms. The van der Waals surface area contributed by atoms with E-state index in [2.05, 4.69) is 21.3 Å². The van der Waals surface area contributed by atoms with Crippen molar-refractivity contribution in [2.24, 2.45) is 47.2 Å². The molecular formula is C64H114N12O15. The molecule has 1 fully saturated rings. The maximum absolute atomic E-state index is 15.2. The number of amides is 11. The number of aliphatic hydroxyl groups excluding tert-OH is 1. The summed E-state index contributed by atoms with van der Waals surface area (Å²) in [6, 6.07) is -13.6. The molecule has 1 aliphatic rings.